The normalized spacial score (nSPS) is 19.7. The molecule has 2 aromatic carbocycles. The number of benzene rings is 2. The first-order chi connectivity index (χ1) is 13.9. The summed E-state index contributed by atoms with van der Waals surface area (Å²) in [5.41, 5.74) is 4.69. The molecule has 3 rings (SSSR count). The fraction of sp³-hybridized carbons (Fsp3) is 0.440. The van der Waals surface area contributed by atoms with Crippen LogP contribution in [-0.4, -0.2) is 6.36 Å². The topological polar surface area (TPSA) is 9.23 Å². The summed E-state index contributed by atoms with van der Waals surface area (Å²) in [6, 6.07) is 14.4. The molecular formula is C25H29F3O. The van der Waals surface area contributed by atoms with Crippen molar-refractivity contribution in [3.63, 3.8) is 0 Å². The molecule has 0 bridgehead atoms. The van der Waals surface area contributed by atoms with E-state index in [4.69, 9.17) is 0 Å². The molecule has 1 saturated carbocycles. The van der Waals surface area contributed by atoms with Crippen LogP contribution in [0.2, 0.25) is 0 Å². The monoisotopic (exact) mass is 402 g/mol. The molecule has 0 amide bonds. The van der Waals surface area contributed by atoms with E-state index >= 15 is 0 Å². The van der Waals surface area contributed by atoms with Gasteiger partial charge in [0.1, 0.15) is 5.75 Å². The zero-order valence-electron chi connectivity index (χ0n) is 17.0. The van der Waals surface area contributed by atoms with E-state index in [9.17, 15) is 13.2 Å². The van der Waals surface area contributed by atoms with E-state index in [0.29, 0.717) is 5.92 Å². The van der Waals surface area contributed by atoms with Crippen LogP contribution in [0.15, 0.2) is 60.7 Å². The highest BCUT2D eigenvalue weighted by Crippen LogP contribution is 2.42. The van der Waals surface area contributed by atoms with Crippen LogP contribution in [0.1, 0.15) is 63.4 Å². The third-order valence-corrected chi connectivity index (χ3v) is 5.83. The molecule has 0 N–H and O–H groups in total. The van der Waals surface area contributed by atoms with Gasteiger partial charge in [-0.25, -0.2) is 0 Å². The highest BCUT2D eigenvalue weighted by molar-refractivity contribution is 5.68. The van der Waals surface area contributed by atoms with Crippen LogP contribution < -0.4 is 4.74 Å². The molecule has 0 radical (unpaired) electrons. The molecule has 0 atom stereocenters. The minimum absolute atomic E-state index is 0.188. The standard InChI is InChI=1S/C25H29F3O/c1-3-6-18(2)17-19-9-11-20(12-10-19)23-7-4-5-8-24(23)21-13-15-22(16-14-21)29-25(26,27)28/h4-5,7-8,13-16,19-20H,2-3,6,9-12,17H2,1H3. The summed E-state index contributed by atoms with van der Waals surface area (Å²) < 4.78 is 41.2. The van der Waals surface area contributed by atoms with Gasteiger partial charge in [0, 0.05) is 0 Å². The van der Waals surface area contributed by atoms with Crippen molar-refractivity contribution < 1.29 is 17.9 Å². The van der Waals surface area contributed by atoms with Gasteiger partial charge >= 0.3 is 6.36 Å². The maximum absolute atomic E-state index is 12.4. The van der Waals surface area contributed by atoms with E-state index in [0.717, 1.165) is 49.1 Å². The van der Waals surface area contributed by atoms with E-state index in [2.05, 4.69) is 36.4 Å². The Morgan fingerprint density at radius 2 is 1.66 bits per heavy atom. The lowest BCUT2D eigenvalue weighted by Crippen LogP contribution is -2.17. The molecule has 1 aliphatic rings. The number of rotatable bonds is 7. The van der Waals surface area contributed by atoms with Gasteiger partial charge in [0.25, 0.3) is 0 Å². The molecule has 0 unspecified atom stereocenters. The van der Waals surface area contributed by atoms with Gasteiger partial charge in [-0.3, -0.25) is 0 Å². The lowest BCUT2D eigenvalue weighted by Gasteiger charge is -2.30. The van der Waals surface area contributed by atoms with Crippen LogP contribution in [0, 0.1) is 5.92 Å². The molecule has 1 nitrogen and oxygen atoms in total. The van der Waals surface area contributed by atoms with Crippen molar-refractivity contribution in [2.75, 3.05) is 0 Å². The Bertz CT molecular complexity index is 800. The summed E-state index contributed by atoms with van der Waals surface area (Å²) in [7, 11) is 0. The van der Waals surface area contributed by atoms with E-state index in [1.54, 1.807) is 12.1 Å². The lowest BCUT2D eigenvalue weighted by atomic mass is 9.75. The Hall–Kier alpha value is -2.23. The summed E-state index contributed by atoms with van der Waals surface area (Å²) in [4.78, 5) is 0. The van der Waals surface area contributed by atoms with Crippen molar-refractivity contribution in [2.24, 2.45) is 5.92 Å². The lowest BCUT2D eigenvalue weighted by molar-refractivity contribution is -0.274. The molecule has 0 saturated heterocycles. The average molecular weight is 403 g/mol. The maximum Gasteiger partial charge on any atom is 0.573 e. The number of halogens is 3. The summed E-state index contributed by atoms with van der Waals surface area (Å²) in [6.45, 7) is 6.41. The van der Waals surface area contributed by atoms with Gasteiger partial charge in [0.15, 0.2) is 0 Å². The first-order valence-electron chi connectivity index (χ1n) is 10.5. The second kappa shape index (κ2) is 9.51. The van der Waals surface area contributed by atoms with Gasteiger partial charge in [0.2, 0.25) is 0 Å². The van der Waals surface area contributed by atoms with Crippen molar-refractivity contribution >= 4 is 0 Å². The van der Waals surface area contributed by atoms with Crippen LogP contribution in [0.5, 0.6) is 5.75 Å². The Kier molecular flexibility index (Phi) is 7.05. The third-order valence-electron chi connectivity index (χ3n) is 5.83. The molecule has 4 heteroatoms. The Balaban J connectivity index is 1.69. The van der Waals surface area contributed by atoms with Crippen LogP contribution in [0.3, 0.4) is 0 Å². The second-order valence-corrected chi connectivity index (χ2v) is 8.08. The molecule has 2 aromatic rings. The summed E-state index contributed by atoms with van der Waals surface area (Å²) in [5.74, 6) is 1.04. The number of hydrogen-bond donors (Lipinski definition) is 0. The van der Waals surface area contributed by atoms with Crippen LogP contribution in [0.25, 0.3) is 11.1 Å². The highest BCUT2D eigenvalue weighted by Gasteiger charge is 2.31. The van der Waals surface area contributed by atoms with Crippen molar-refractivity contribution in [1.29, 1.82) is 0 Å². The predicted octanol–water partition coefficient (Wildman–Crippen LogP) is 8.27. The van der Waals surface area contributed by atoms with E-state index in [1.165, 1.54) is 36.1 Å². The van der Waals surface area contributed by atoms with E-state index in [1.807, 2.05) is 6.07 Å². The number of alkyl halides is 3. The largest absolute Gasteiger partial charge is 0.573 e. The SMILES string of the molecule is C=C(CCC)CC1CCC(c2ccccc2-c2ccc(OC(F)(F)F)cc2)CC1. The van der Waals surface area contributed by atoms with Gasteiger partial charge in [0.05, 0.1) is 0 Å². The Morgan fingerprint density at radius 3 is 2.28 bits per heavy atom. The molecule has 0 aliphatic heterocycles. The Labute approximate surface area is 171 Å². The van der Waals surface area contributed by atoms with Crippen LogP contribution in [-0.2, 0) is 0 Å². The van der Waals surface area contributed by atoms with Crippen molar-refractivity contribution in [1.82, 2.24) is 0 Å². The van der Waals surface area contributed by atoms with E-state index < -0.39 is 6.36 Å². The van der Waals surface area contributed by atoms with Gasteiger partial charge < -0.3 is 4.74 Å². The molecule has 0 spiro atoms. The number of ether oxygens (including phenoxy) is 1. The summed E-state index contributed by atoms with van der Waals surface area (Å²) >= 11 is 0. The molecule has 29 heavy (non-hydrogen) atoms. The molecule has 0 heterocycles. The minimum Gasteiger partial charge on any atom is -0.406 e. The fourth-order valence-electron chi connectivity index (χ4n) is 4.49. The second-order valence-electron chi connectivity index (χ2n) is 8.08. The van der Waals surface area contributed by atoms with Gasteiger partial charge in [-0.05, 0) is 79.2 Å². The number of allylic oxidation sites excluding steroid dienone is 1. The van der Waals surface area contributed by atoms with Gasteiger partial charge in [-0.2, -0.15) is 0 Å². The van der Waals surface area contributed by atoms with Gasteiger partial charge in [-0.1, -0.05) is 61.9 Å². The first kappa shape index (κ1) is 21.5. The summed E-state index contributed by atoms with van der Waals surface area (Å²) in [6.07, 6.45) is 3.47. The van der Waals surface area contributed by atoms with Crippen LogP contribution in [0.4, 0.5) is 13.2 Å². The van der Waals surface area contributed by atoms with Crippen molar-refractivity contribution in [3.8, 4) is 16.9 Å². The quantitative estimate of drug-likeness (QED) is 0.423. The molecule has 156 valence electrons. The molecule has 0 aromatic heterocycles. The molecule has 1 fully saturated rings. The molecular weight excluding hydrogens is 373 g/mol. The maximum atomic E-state index is 12.4. The minimum atomic E-state index is -4.67. The van der Waals surface area contributed by atoms with Crippen molar-refractivity contribution in [3.05, 3.63) is 66.2 Å². The fourth-order valence-corrected chi connectivity index (χ4v) is 4.49. The summed E-state index contributed by atoms with van der Waals surface area (Å²) in [5, 5.41) is 0. The zero-order valence-corrected chi connectivity index (χ0v) is 17.0. The average Bonchev–Trinajstić information content (AvgIpc) is 2.68. The zero-order chi connectivity index (χ0) is 20.9. The van der Waals surface area contributed by atoms with Crippen LogP contribution >= 0.6 is 0 Å². The van der Waals surface area contributed by atoms with E-state index in [-0.39, 0.29) is 5.75 Å². The predicted molar refractivity (Wildman–Crippen MR) is 112 cm³/mol. The Morgan fingerprint density at radius 1 is 1.00 bits per heavy atom. The highest BCUT2D eigenvalue weighted by atomic mass is 19.4. The molecule has 1 aliphatic carbocycles. The van der Waals surface area contributed by atoms with Crippen molar-refractivity contribution in [2.45, 2.75) is 64.1 Å². The number of hydrogen-bond acceptors (Lipinski definition) is 1. The first-order valence-corrected chi connectivity index (χ1v) is 10.5. The van der Waals surface area contributed by atoms with Gasteiger partial charge in [-0.15, -0.1) is 13.2 Å². The smallest absolute Gasteiger partial charge is 0.406 e. The third kappa shape index (κ3) is 6.12.